The lowest BCUT2D eigenvalue weighted by Gasteiger charge is -2.24. The Balaban J connectivity index is 1.54. The largest absolute Gasteiger partial charge is 0.379 e. The molecule has 2 N–H and O–H groups in total. The Bertz CT molecular complexity index is 323. The van der Waals surface area contributed by atoms with E-state index in [1.807, 2.05) is 0 Å². The van der Waals surface area contributed by atoms with Gasteiger partial charge >= 0.3 is 0 Å². The van der Waals surface area contributed by atoms with E-state index in [4.69, 9.17) is 9.47 Å². The Labute approximate surface area is 108 Å². The summed E-state index contributed by atoms with van der Waals surface area (Å²) >= 11 is 0. The van der Waals surface area contributed by atoms with Crippen LogP contribution in [0.1, 0.15) is 26.2 Å². The molecule has 0 aromatic heterocycles. The molecule has 0 aromatic carbocycles. The minimum Gasteiger partial charge on any atom is -0.379 e. The van der Waals surface area contributed by atoms with Gasteiger partial charge in [-0.15, -0.1) is 0 Å². The van der Waals surface area contributed by atoms with E-state index in [2.05, 4.69) is 17.6 Å². The number of carbonyl (C=O) groups excluding carboxylic acids is 1. The topological polar surface area (TPSA) is 59.6 Å². The summed E-state index contributed by atoms with van der Waals surface area (Å²) < 4.78 is 11.2. The van der Waals surface area contributed by atoms with Crippen LogP contribution in [0, 0.1) is 5.92 Å². The summed E-state index contributed by atoms with van der Waals surface area (Å²) in [5.41, 5.74) is 0. The van der Waals surface area contributed by atoms with Gasteiger partial charge in [-0.2, -0.15) is 0 Å². The zero-order chi connectivity index (χ0) is 12.5. The van der Waals surface area contributed by atoms with Gasteiger partial charge in [-0.1, -0.05) is 6.92 Å². The Hall–Kier alpha value is -0.650. The van der Waals surface area contributed by atoms with Crippen molar-refractivity contribution >= 4 is 5.91 Å². The fraction of sp³-hybridized carbons (Fsp3) is 0.923. The second-order valence-corrected chi connectivity index (χ2v) is 5.53. The SMILES string of the molecule is CCNC1COCC1C(=O)NC1CC2CCC1O2. The number of hydrogen-bond donors (Lipinski definition) is 2. The van der Waals surface area contributed by atoms with Gasteiger partial charge in [0.2, 0.25) is 5.91 Å². The molecule has 3 aliphatic rings. The summed E-state index contributed by atoms with van der Waals surface area (Å²) in [6, 6.07) is 0.383. The van der Waals surface area contributed by atoms with Crippen molar-refractivity contribution < 1.29 is 14.3 Å². The van der Waals surface area contributed by atoms with Crippen molar-refractivity contribution in [2.45, 2.75) is 50.5 Å². The van der Waals surface area contributed by atoms with Crippen LogP contribution in [-0.2, 0) is 14.3 Å². The summed E-state index contributed by atoms with van der Waals surface area (Å²) in [4.78, 5) is 12.3. The van der Waals surface area contributed by atoms with Crippen LogP contribution < -0.4 is 10.6 Å². The fourth-order valence-electron chi connectivity index (χ4n) is 3.36. The second kappa shape index (κ2) is 5.15. The van der Waals surface area contributed by atoms with Gasteiger partial charge in [0.05, 0.1) is 37.4 Å². The number of fused-ring (bicyclic) bond motifs is 2. The van der Waals surface area contributed by atoms with Gasteiger partial charge in [-0.25, -0.2) is 0 Å². The van der Waals surface area contributed by atoms with Gasteiger partial charge in [-0.3, -0.25) is 4.79 Å². The minimum atomic E-state index is -0.0518. The highest BCUT2D eigenvalue weighted by molar-refractivity contribution is 5.80. The molecule has 0 aliphatic carbocycles. The Kier molecular flexibility index (Phi) is 3.54. The summed E-state index contributed by atoms with van der Waals surface area (Å²) in [6.45, 7) is 4.09. The summed E-state index contributed by atoms with van der Waals surface area (Å²) in [6.07, 6.45) is 3.86. The third-order valence-corrected chi connectivity index (χ3v) is 4.32. The molecule has 1 amide bonds. The van der Waals surface area contributed by atoms with Gasteiger partial charge < -0.3 is 20.1 Å². The maximum absolute atomic E-state index is 12.3. The summed E-state index contributed by atoms with van der Waals surface area (Å²) in [7, 11) is 0. The van der Waals surface area contributed by atoms with Crippen molar-refractivity contribution in [3.8, 4) is 0 Å². The number of rotatable bonds is 4. The number of nitrogens with one attached hydrogen (secondary N) is 2. The Morgan fingerprint density at radius 2 is 2.17 bits per heavy atom. The van der Waals surface area contributed by atoms with Crippen LogP contribution in [0.4, 0.5) is 0 Å². The third kappa shape index (κ3) is 2.27. The molecule has 5 heteroatoms. The average molecular weight is 254 g/mol. The highest BCUT2D eigenvalue weighted by Gasteiger charge is 2.43. The molecule has 102 valence electrons. The van der Waals surface area contributed by atoms with Crippen molar-refractivity contribution in [2.75, 3.05) is 19.8 Å². The summed E-state index contributed by atoms with van der Waals surface area (Å²) in [5, 5.41) is 6.47. The van der Waals surface area contributed by atoms with E-state index in [9.17, 15) is 4.79 Å². The van der Waals surface area contributed by atoms with Crippen LogP contribution in [0.15, 0.2) is 0 Å². The van der Waals surface area contributed by atoms with Gasteiger partial charge in [0, 0.05) is 6.04 Å². The molecule has 18 heavy (non-hydrogen) atoms. The zero-order valence-corrected chi connectivity index (χ0v) is 10.9. The number of likely N-dealkylation sites (N-methyl/N-ethyl adjacent to an activating group) is 1. The van der Waals surface area contributed by atoms with E-state index in [-0.39, 0.29) is 30.0 Å². The van der Waals surface area contributed by atoms with E-state index < -0.39 is 0 Å². The van der Waals surface area contributed by atoms with Gasteiger partial charge in [0.1, 0.15) is 0 Å². The molecule has 0 spiro atoms. The molecule has 0 aromatic rings. The highest BCUT2D eigenvalue weighted by atomic mass is 16.5. The first-order valence-electron chi connectivity index (χ1n) is 7.05. The first kappa shape index (κ1) is 12.4. The standard InChI is InChI=1S/C13H22N2O3/c1-2-14-11-7-17-6-9(11)13(16)15-10-5-8-3-4-12(10)18-8/h8-12,14H,2-7H2,1H3,(H,15,16). The second-order valence-electron chi connectivity index (χ2n) is 5.53. The van der Waals surface area contributed by atoms with E-state index in [1.165, 1.54) is 0 Å². The van der Waals surface area contributed by atoms with Crippen LogP contribution in [0.25, 0.3) is 0 Å². The van der Waals surface area contributed by atoms with Crippen molar-refractivity contribution in [1.29, 1.82) is 0 Å². The number of amides is 1. The normalized spacial score (nSPS) is 42.4. The lowest BCUT2D eigenvalue weighted by atomic mass is 9.94. The third-order valence-electron chi connectivity index (χ3n) is 4.32. The zero-order valence-electron chi connectivity index (χ0n) is 10.9. The minimum absolute atomic E-state index is 0.0518. The molecule has 5 unspecified atom stereocenters. The molecule has 0 radical (unpaired) electrons. The van der Waals surface area contributed by atoms with Crippen molar-refractivity contribution in [3.63, 3.8) is 0 Å². The molecule has 3 rings (SSSR count). The molecule has 3 heterocycles. The molecule has 5 nitrogen and oxygen atoms in total. The van der Waals surface area contributed by atoms with Gasteiger partial charge in [0.25, 0.3) is 0 Å². The molecule has 3 aliphatic heterocycles. The monoisotopic (exact) mass is 254 g/mol. The first-order chi connectivity index (χ1) is 8.78. The molecule has 3 fully saturated rings. The van der Waals surface area contributed by atoms with Crippen molar-refractivity contribution in [1.82, 2.24) is 10.6 Å². The number of carbonyl (C=O) groups is 1. The van der Waals surface area contributed by atoms with E-state index in [0.717, 1.165) is 25.8 Å². The highest BCUT2D eigenvalue weighted by Crippen LogP contribution is 2.34. The lowest BCUT2D eigenvalue weighted by Crippen LogP contribution is -2.49. The maximum Gasteiger partial charge on any atom is 0.227 e. The molecule has 3 saturated heterocycles. The Morgan fingerprint density at radius 1 is 1.28 bits per heavy atom. The number of hydrogen-bond acceptors (Lipinski definition) is 4. The van der Waals surface area contributed by atoms with Crippen LogP contribution in [0.2, 0.25) is 0 Å². The maximum atomic E-state index is 12.3. The molecular formula is C13H22N2O3. The Morgan fingerprint density at radius 3 is 2.83 bits per heavy atom. The van der Waals surface area contributed by atoms with E-state index in [0.29, 0.717) is 19.3 Å². The fourth-order valence-corrected chi connectivity index (χ4v) is 3.36. The average Bonchev–Trinajstić information content (AvgIpc) is 3.04. The lowest BCUT2D eigenvalue weighted by molar-refractivity contribution is -0.126. The molecule has 2 bridgehead atoms. The summed E-state index contributed by atoms with van der Waals surface area (Å²) in [5.74, 6) is 0.0728. The van der Waals surface area contributed by atoms with Crippen LogP contribution >= 0.6 is 0 Å². The van der Waals surface area contributed by atoms with Gasteiger partial charge in [0.15, 0.2) is 0 Å². The molecule has 5 atom stereocenters. The van der Waals surface area contributed by atoms with Crippen LogP contribution in [-0.4, -0.2) is 50.0 Å². The van der Waals surface area contributed by atoms with Gasteiger partial charge in [-0.05, 0) is 25.8 Å². The smallest absolute Gasteiger partial charge is 0.227 e. The first-order valence-corrected chi connectivity index (χ1v) is 7.05. The van der Waals surface area contributed by atoms with Crippen LogP contribution in [0.5, 0.6) is 0 Å². The van der Waals surface area contributed by atoms with Crippen LogP contribution in [0.3, 0.4) is 0 Å². The van der Waals surface area contributed by atoms with Crippen molar-refractivity contribution in [2.24, 2.45) is 5.92 Å². The number of ether oxygens (including phenoxy) is 2. The van der Waals surface area contributed by atoms with E-state index in [1.54, 1.807) is 0 Å². The predicted octanol–water partition coefficient (Wildman–Crippen LogP) is 0.0470. The quantitative estimate of drug-likeness (QED) is 0.744. The predicted molar refractivity (Wildman–Crippen MR) is 66.2 cm³/mol. The van der Waals surface area contributed by atoms with Crippen molar-refractivity contribution in [3.05, 3.63) is 0 Å². The molecule has 0 saturated carbocycles. The molecular weight excluding hydrogens is 232 g/mol. The van der Waals surface area contributed by atoms with E-state index >= 15 is 0 Å².